The molecule has 0 radical (unpaired) electrons. The molecule has 35 heavy (non-hydrogen) atoms. The fourth-order valence-electron chi connectivity index (χ4n) is 4.22. The SMILES string of the molecule is O=C1CC=C(NC(=O)c2cnn(Cc3cccc(C(F)(F)F)c3)c2)C=C1C1=Cc2ccccc2C1. The van der Waals surface area contributed by atoms with Gasteiger partial charge in [-0.2, -0.15) is 18.3 Å². The van der Waals surface area contributed by atoms with E-state index in [-0.39, 0.29) is 24.3 Å². The van der Waals surface area contributed by atoms with Crippen molar-refractivity contribution in [1.82, 2.24) is 15.1 Å². The van der Waals surface area contributed by atoms with Crippen molar-refractivity contribution >= 4 is 17.8 Å². The second kappa shape index (κ2) is 8.87. The molecule has 8 heteroatoms. The number of ketones is 1. The third-order valence-corrected chi connectivity index (χ3v) is 5.97. The highest BCUT2D eigenvalue weighted by atomic mass is 19.4. The first-order valence-electron chi connectivity index (χ1n) is 11.0. The minimum atomic E-state index is -4.43. The number of allylic oxidation sites excluding steroid dienone is 4. The van der Waals surface area contributed by atoms with Crippen molar-refractivity contribution < 1.29 is 22.8 Å². The van der Waals surface area contributed by atoms with Gasteiger partial charge in [-0.3, -0.25) is 14.3 Å². The predicted octanol–water partition coefficient (Wildman–Crippen LogP) is 5.10. The van der Waals surface area contributed by atoms with Crippen LogP contribution >= 0.6 is 0 Å². The van der Waals surface area contributed by atoms with Crippen LogP contribution in [0, 0.1) is 0 Å². The summed E-state index contributed by atoms with van der Waals surface area (Å²) in [7, 11) is 0. The lowest BCUT2D eigenvalue weighted by Crippen LogP contribution is -2.24. The van der Waals surface area contributed by atoms with Crippen LogP contribution in [0.1, 0.15) is 39.0 Å². The summed E-state index contributed by atoms with van der Waals surface area (Å²) in [4.78, 5) is 25.3. The highest BCUT2D eigenvalue weighted by molar-refractivity contribution is 6.04. The van der Waals surface area contributed by atoms with Gasteiger partial charge in [0.15, 0.2) is 5.78 Å². The second-order valence-corrected chi connectivity index (χ2v) is 8.47. The van der Waals surface area contributed by atoms with Crippen molar-refractivity contribution in [2.45, 2.75) is 25.6 Å². The number of Topliss-reactive ketones (excluding diaryl/α,β-unsaturated/α-hetero) is 1. The first-order chi connectivity index (χ1) is 16.8. The van der Waals surface area contributed by atoms with Gasteiger partial charge in [-0.05, 0) is 46.9 Å². The Kier molecular flexibility index (Phi) is 5.72. The van der Waals surface area contributed by atoms with Crippen LogP contribution in [0.15, 0.2) is 89.9 Å². The first-order valence-corrected chi connectivity index (χ1v) is 11.0. The number of amides is 1. The second-order valence-electron chi connectivity index (χ2n) is 8.47. The zero-order valence-electron chi connectivity index (χ0n) is 18.5. The predicted molar refractivity (Wildman–Crippen MR) is 124 cm³/mol. The molecule has 0 atom stereocenters. The van der Waals surface area contributed by atoms with Gasteiger partial charge in [-0.25, -0.2) is 0 Å². The number of alkyl halides is 3. The average Bonchev–Trinajstić information content (AvgIpc) is 3.47. The number of hydrogen-bond acceptors (Lipinski definition) is 3. The molecule has 2 aliphatic rings. The van der Waals surface area contributed by atoms with Gasteiger partial charge in [0, 0.05) is 23.9 Å². The molecular formula is C27H20F3N3O2. The Hall–Kier alpha value is -4.20. The number of benzene rings is 2. The smallest absolute Gasteiger partial charge is 0.322 e. The van der Waals surface area contributed by atoms with Crippen LogP contribution in [0.4, 0.5) is 13.2 Å². The molecular weight excluding hydrogens is 455 g/mol. The van der Waals surface area contributed by atoms with Gasteiger partial charge in [0.1, 0.15) is 0 Å². The number of halogens is 3. The van der Waals surface area contributed by atoms with Crippen LogP contribution in [0.2, 0.25) is 0 Å². The van der Waals surface area contributed by atoms with E-state index < -0.39 is 17.6 Å². The number of carbonyl (C=O) groups excluding carboxylic acids is 2. The van der Waals surface area contributed by atoms with Crippen LogP contribution in [-0.4, -0.2) is 21.5 Å². The Labute approximate surface area is 199 Å². The fourth-order valence-corrected chi connectivity index (χ4v) is 4.22. The maximum atomic E-state index is 12.9. The Morgan fingerprint density at radius 2 is 1.91 bits per heavy atom. The average molecular weight is 475 g/mol. The van der Waals surface area contributed by atoms with Gasteiger partial charge >= 0.3 is 6.18 Å². The number of nitrogens with one attached hydrogen (secondary N) is 1. The summed E-state index contributed by atoms with van der Waals surface area (Å²) in [6, 6.07) is 12.9. The quantitative estimate of drug-likeness (QED) is 0.558. The largest absolute Gasteiger partial charge is 0.416 e. The molecule has 0 saturated carbocycles. The third-order valence-electron chi connectivity index (χ3n) is 5.97. The van der Waals surface area contributed by atoms with E-state index in [1.54, 1.807) is 18.2 Å². The highest BCUT2D eigenvalue weighted by Crippen LogP contribution is 2.32. The summed E-state index contributed by atoms with van der Waals surface area (Å²) >= 11 is 0. The van der Waals surface area contributed by atoms with E-state index in [9.17, 15) is 22.8 Å². The Morgan fingerprint density at radius 1 is 1.09 bits per heavy atom. The summed E-state index contributed by atoms with van der Waals surface area (Å²) in [5.74, 6) is -0.420. The van der Waals surface area contributed by atoms with E-state index in [1.807, 2.05) is 30.3 Å². The maximum absolute atomic E-state index is 12.9. The molecule has 2 aromatic carbocycles. The van der Waals surface area contributed by atoms with E-state index in [4.69, 9.17) is 0 Å². The Morgan fingerprint density at radius 3 is 2.71 bits per heavy atom. The van der Waals surface area contributed by atoms with E-state index >= 15 is 0 Å². The minimum Gasteiger partial charge on any atom is -0.322 e. The Bertz CT molecular complexity index is 1430. The van der Waals surface area contributed by atoms with Crippen LogP contribution in [-0.2, 0) is 23.9 Å². The van der Waals surface area contributed by atoms with E-state index in [0.717, 1.165) is 28.8 Å². The van der Waals surface area contributed by atoms with Crippen LogP contribution in [0.5, 0.6) is 0 Å². The van der Waals surface area contributed by atoms with Gasteiger partial charge in [0.05, 0.1) is 23.9 Å². The fraction of sp³-hybridized carbons (Fsp3) is 0.148. The van der Waals surface area contributed by atoms with Crippen LogP contribution in [0.3, 0.4) is 0 Å². The summed E-state index contributed by atoms with van der Waals surface area (Å²) in [6.07, 6.45) is 4.62. The molecule has 0 spiro atoms. The number of fused-ring (bicyclic) bond motifs is 1. The normalized spacial score (nSPS) is 15.3. The standard InChI is InChI=1S/C27H20F3N3O2/c28-27(29,30)22-7-3-4-17(10-22)15-33-16-21(14-31-33)26(35)32-23-8-9-25(34)24(13-23)20-11-18-5-1-2-6-19(18)12-20/h1-8,10-11,13-14,16H,9,12,15H2,(H,32,35). The van der Waals surface area contributed by atoms with Crippen molar-refractivity contribution in [3.05, 3.63) is 118 Å². The molecule has 3 aromatic rings. The third kappa shape index (κ3) is 4.87. The molecule has 0 fully saturated rings. The maximum Gasteiger partial charge on any atom is 0.416 e. The van der Waals surface area contributed by atoms with Crippen molar-refractivity contribution in [3.63, 3.8) is 0 Å². The zero-order valence-corrected chi connectivity index (χ0v) is 18.5. The molecule has 1 N–H and O–H groups in total. The number of rotatable bonds is 5. The van der Waals surface area contributed by atoms with Crippen molar-refractivity contribution in [2.75, 3.05) is 0 Å². The molecule has 1 heterocycles. The van der Waals surface area contributed by atoms with E-state index in [2.05, 4.69) is 10.4 Å². The zero-order chi connectivity index (χ0) is 24.6. The number of aromatic nitrogens is 2. The topological polar surface area (TPSA) is 64.0 Å². The van der Waals surface area contributed by atoms with Gasteiger partial charge in [0.25, 0.3) is 5.91 Å². The van der Waals surface area contributed by atoms with E-state index in [0.29, 0.717) is 23.3 Å². The molecule has 5 nitrogen and oxygen atoms in total. The van der Waals surface area contributed by atoms with Gasteiger partial charge in [0.2, 0.25) is 0 Å². The molecule has 0 bridgehead atoms. The molecule has 0 unspecified atom stereocenters. The van der Waals surface area contributed by atoms with E-state index in [1.165, 1.54) is 23.1 Å². The lowest BCUT2D eigenvalue weighted by Gasteiger charge is -2.15. The van der Waals surface area contributed by atoms with Crippen molar-refractivity contribution in [1.29, 1.82) is 0 Å². The van der Waals surface area contributed by atoms with Crippen molar-refractivity contribution in [2.24, 2.45) is 0 Å². The molecule has 1 amide bonds. The molecule has 0 aliphatic heterocycles. The van der Waals surface area contributed by atoms with Crippen LogP contribution < -0.4 is 5.32 Å². The van der Waals surface area contributed by atoms with Gasteiger partial charge in [-0.1, -0.05) is 48.6 Å². The number of carbonyl (C=O) groups is 2. The van der Waals surface area contributed by atoms with Gasteiger partial charge < -0.3 is 5.32 Å². The summed E-state index contributed by atoms with van der Waals surface area (Å²) in [5, 5.41) is 6.91. The Balaban J connectivity index is 1.27. The minimum absolute atomic E-state index is 0.00374. The monoisotopic (exact) mass is 475 g/mol. The lowest BCUT2D eigenvalue weighted by molar-refractivity contribution is -0.137. The lowest BCUT2D eigenvalue weighted by atomic mass is 9.93. The summed E-state index contributed by atoms with van der Waals surface area (Å²) in [5.41, 5.74) is 4.21. The number of nitrogens with zero attached hydrogens (tertiary/aromatic N) is 2. The highest BCUT2D eigenvalue weighted by Gasteiger charge is 2.30. The summed E-state index contributed by atoms with van der Waals surface area (Å²) < 4.78 is 40.3. The molecule has 176 valence electrons. The van der Waals surface area contributed by atoms with Crippen LogP contribution in [0.25, 0.3) is 6.08 Å². The summed E-state index contributed by atoms with van der Waals surface area (Å²) in [6.45, 7) is 0.0904. The number of hydrogen-bond donors (Lipinski definition) is 1. The molecule has 1 aromatic heterocycles. The first kappa shape index (κ1) is 22.6. The molecule has 5 rings (SSSR count). The molecule has 2 aliphatic carbocycles. The van der Waals surface area contributed by atoms with Crippen molar-refractivity contribution in [3.8, 4) is 0 Å². The molecule has 0 saturated heterocycles. The van der Waals surface area contributed by atoms with Gasteiger partial charge in [-0.15, -0.1) is 0 Å².